The molecule has 0 unspecified atom stereocenters. The Morgan fingerprint density at radius 3 is 1.57 bits per heavy atom. The zero-order valence-corrected chi connectivity index (χ0v) is 17.2. The summed E-state index contributed by atoms with van der Waals surface area (Å²) in [4.78, 5) is 36.7. The van der Waals surface area contributed by atoms with Crippen LogP contribution in [0.3, 0.4) is 0 Å². The van der Waals surface area contributed by atoms with E-state index in [2.05, 4.69) is 6.58 Å². The van der Waals surface area contributed by atoms with Gasteiger partial charge in [-0.1, -0.05) is 55.2 Å². The summed E-state index contributed by atoms with van der Waals surface area (Å²) in [6.45, 7) is 11.2. The number of hydrogen-bond donors (Lipinski definition) is 0. The highest BCUT2D eigenvalue weighted by atomic mass is 16.6. The molecule has 0 saturated carbocycles. The molecule has 28 heavy (non-hydrogen) atoms. The Hall–Kier alpha value is -2.89. The van der Waals surface area contributed by atoms with Crippen molar-refractivity contribution in [3.8, 4) is 0 Å². The summed E-state index contributed by atoms with van der Waals surface area (Å²) >= 11 is 0. The molecule has 0 atom stereocenters. The molecular formula is C22H29O6-. The van der Waals surface area contributed by atoms with Gasteiger partial charge in [-0.05, 0) is 34.6 Å². The van der Waals surface area contributed by atoms with Gasteiger partial charge in [0.25, 0.3) is 0 Å². The van der Waals surface area contributed by atoms with E-state index >= 15 is 0 Å². The Kier molecular flexibility index (Phi) is 10.5. The van der Waals surface area contributed by atoms with Crippen molar-refractivity contribution in [1.29, 1.82) is 0 Å². The molecule has 0 heterocycles. The second-order valence-electron chi connectivity index (χ2n) is 6.08. The lowest BCUT2D eigenvalue weighted by atomic mass is 9.62. The van der Waals surface area contributed by atoms with Crippen molar-refractivity contribution in [2.24, 2.45) is 10.8 Å². The van der Waals surface area contributed by atoms with Crippen LogP contribution in [0.1, 0.15) is 34.6 Å². The van der Waals surface area contributed by atoms with Crippen molar-refractivity contribution < 1.29 is 29.0 Å². The van der Waals surface area contributed by atoms with Crippen molar-refractivity contribution >= 4 is 17.9 Å². The van der Waals surface area contributed by atoms with Crippen LogP contribution in [-0.2, 0) is 23.9 Å². The third-order valence-corrected chi connectivity index (χ3v) is 3.98. The number of esters is 2. The molecule has 0 aliphatic rings. The predicted octanol–water partition coefficient (Wildman–Crippen LogP) is 2.68. The number of carboxylic acid groups (broad SMARTS) is 1. The average Bonchev–Trinajstić information content (AvgIpc) is 2.63. The highest BCUT2D eigenvalue weighted by Gasteiger charge is 2.52. The van der Waals surface area contributed by atoms with Crippen molar-refractivity contribution in [3.05, 3.63) is 60.8 Å². The number of allylic oxidation sites excluding steroid dienone is 4. The molecule has 0 aromatic carbocycles. The van der Waals surface area contributed by atoms with Crippen LogP contribution in [0.5, 0.6) is 0 Å². The number of hydrogen-bond acceptors (Lipinski definition) is 6. The van der Waals surface area contributed by atoms with Gasteiger partial charge in [-0.2, -0.15) is 0 Å². The number of ether oxygens (including phenoxy) is 2. The summed E-state index contributed by atoms with van der Waals surface area (Å²) in [5, 5.41) is 12.2. The van der Waals surface area contributed by atoms with Gasteiger partial charge in [0.1, 0.15) is 18.6 Å². The van der Waals surface area contributed by atoms with E-state index in [0.717, 1.165) is 0 Å². The van der Waals surface area contributed by atoms with Crippen molar-refractivity contribution in [2.45, 2.75) is 34.6 Å². The lowest BCUT2D eigenvalue weighted by molar-refractivity contribution is -0.317. The minimum atomic E-state index is -1.80. The molecule has 0 spiro atoms. The third-order valence-electron chi connectivity index (χ3n) is 3.98. The minimum absolute atomic E-state index is 0.176. The highest BCUT2D eigenvalue weighted by molar-refractivity contribution is 5.93. The molecule has 0 radical (unpaired) electrons. The molecular weight excluding hydrogens is 360 g/mol. The summed E-state index contributed by atoms with van der Waals surface area (Å²) in [5.41, 5.74) is -3.27. The first kappa shape index (κ1) is 25.1. The molecule has 6 nitrogen and oxygen atoms in total. The van der Waals surface area contributed by atoms with Gasteiger partial charge in [-0.25, -0.2) is 4.79 Å². The van der Waals surface area contributed by atoms with E-state index in [4.69, 9.17) is 9.47 Å². The molecule has 0 aromatic rings. The van der Waals surface area contributed by atoms with Gasteiger partial charge < -0.3 is 19.4 Å². The maximum absolute atomic E-state index is 13.1. The third kappa shape index (κ3) is 5.55. The van der Waals surface area contributed by atoms with E-state index in [9.17, 15) is 19.5 Å². The number of carbonyl (C=O) groups is 3. The SMILES string of the molecule is C=C(C)C(=O)OCCOC(=O)C(C=CC)(C=CC)C(C=CC)(C=CC)C(=O)[O-]. The summed E-state index contributed by atoms with van der Waals surface area (Å²) in [6.07, 6.45) is 11.9. The van der Waals surface area contributed by atoms with Gasteiger partial charge in [0, 0.05) is 5.57 Å². The van der Waals surface area contributed by atoms with Gasteiger partial charge in [-0.3, -0.25) is 4.79 Å². The first-order chi connectivity index (χ1) is 13.2. The van der Waals surface area contributed by atoms with E-state index in [-0.39, 0.29) is 18.8 Å². The Morgan fingerprint density at radius 1 is 0.821 bits per heavy atom. The van der Waals surface area contributed by atoms with Crippen LogP contribution < -0.4 is 5.11 Å². The monoisotopic (exact) mass is 389 g/mol. The zero-order chi connectivity index (χ0) is 21.8. The van der Waals surface area contributed by atoms with Crippen LogP contribution in [-0.4, -0.2) is 31.1 Å². The number of aliphatic carboxylic acids is 1. The smallest absolute Gasteiger partial charge is 0.333 e. The van der Waals surface area contributed by atoms with Gasteiger partial charge in [-0.15, -0.1) is 0 Å². The first-order valence-corrected chi connectivity index (χ1v) is 8.95. The molecule has 0 aliphatic carbocycles. The lowest BCUT2D eigenvalue weighted by Crippen LogP contribution is -2.54. The largest absolute Gasteiger partial charge is 0.549 e. The van der Waals surface area contributed by atoms with Crippen LogP contribution >= 0.6 is 0 Å². The highest BCUT2D eigenvalue weighted by Crippen LogP contribution is 2.46. The Labute approximate surface area is 166 Å². The van der Waals surface area contributed by atoms with E-state index in [1.165, 1.54) is 31.2 Å². The van der Waals surface area contributed by atoms with Gasteiger partial charge >= 0.3 is 11.9 Å². The summed E-state index contributed by atoms with van der Waals surface area (Å²) < 4.78 is 10.2. The van der Waals surface area contributed by atoms with Crippen LogP contribution in [0.2, 0.25) is 0 Å². The van der Waals surface area contributed by atoms with Crippen LogP contribution in [0.15, 0.2) is 60.8 Å². The van der Waals surface area contributed by atoms with Crippen molar-refractivity contribution in [3.63, 3.8) is 0 Å². The lowest BCUT2D eigenvalue weighted by Gasteiger charge is -2.43. The Balaban J connectivity index is 6.08. The van der Waals surface area contributed by atoms with Crippen molar-refractivity contribution in [1.82, 2.24) is 0 Å². The fourth-order valence-electron chi connectivity index (χ4n) is 2.84. The number of carboxylic acids is 1. The number of carbonyl (C=O) groups excluding carboxylic acids is 3. The topological polar surface area (TPSA) is 92.7 Å². The molecule has 154 valence electrons. The van der Waals surface area contributed by atoms with E-state index in [0.29, 0.717) is 0 Å². The molecule has 0 aliphatic heterocycles. The van der Waals surface area contributed by atoms with Gasteiger partial charge in [0.05, 0.1) is 11.4 Å². The van der Waals surface area contributed by atoms with Gasteiger partial charge in [0.15, 0.2) is 0 Å². The molecule has 0 fully saturated rings. The maximum Gasteiger partial charge on any atom is 0.333 e. The normalized spacial score (nSPS) is 16.3. The number of rotatable bonds is 11. The predicted molar refractivity (Wildman–Crippen MR) is 106 cm³/mol. The first-order valence-electron chi connectivity index (χ1n) is 8.95. The molecule has 0 saturated heterocycles. The summed E-state index contributed by atoms with van der Waals surface area (Å²) in [6, 6.07) is 0. The van der Waals surface area contributed by atoms with Crippen molar-refractivity contribution in [2.75, 3.05) is 13.2 Å². The molecule has 0 aromatic heterocycles. The van der Waals surface area contributed by atoms with Crippen LogP contribution in [0.25, 0.3) is 0 Å². The van der Waals surface area contributed by atoms with Crippen LogP contribution in [0.4, 0.5) is 0 Å². The molecule has 0 amide bonds. The fourth-order valence-corrected chi connectivity index (χ4v) is 2.84. The molecule has 0 bridgehead atoms. The summed E-state index contributed by atoms with van der Waals surface area (Å²) in [5.74, 6) is -2.86. The molecule has 0 rings (SSSR count). The zero-order valence-electron chi connectivity index (χ0n) is 17.2. The van der Waals surface area contributed by atoms with Gasteiger partial charge in [0.2, 0.25) is 0 Å². The van der Waals surface area contributed by atoms with Crippen LogP contribution in [0, 0.1) is 10.8 Å². The summed E-state index contributed by atoms with van der Waals surface area (Å²) in [7, 11) is 0. The van der Waals surface area contributed by atoms with E-state index < -0.39 is 28.7 Å². The fraction of sp³-hybridized carbons (Fsp3) is 0.409. The van der Waals surface area contributed by atoms with E-state index in [1.807, 2.05) is 0 Å². The minimum Gasteiger partial charge on any atom is -0.549 e. The molecule has 6 heteroatoms. The molecule has 0 N–H and O–H groups in total. The quantitative estimate of drug-likeness (QED) is 0.233. The van der Waals surface area contributed by atoms with E-state index in [1.54, 1.807) is 52.0 Å². The second kappa shape index (κ2) is 11.7. The Bertz CT molecular complexity index is 670. The maximum atomic E-state index is 13.1. The standard InChI is InChI=1S/C22H30O6/c1-7-11-21(12-8-2,19(24)25)22(13-9-3,14-10-4)20(26)28-16-15-27-18(23)17(5)6/h7-14H,5,15-16H2,1-4,6H3,(H,24,25)/p-1. The second-order valence-corrected chi connectivity index (χ2v) is 6.08. The Morgan fingerprint density at radius 2 is 1.21 bits per heavy atom. The average molecular weight is 389 g/mol.